The summed E-state index contributed by atoms with van der Waals surface area (Å²) in [6.07, 6.45) is 2.77. The minimum Gasteiger partial charge on any atom is -0.312 e. The van der Waals surface area contributed by atoms with E-state index in [1.54, 1.807) is 6.07 Å². The fourth-order valence-corrected chi connectivity index (χ4v) is 6.03. The zero-order valence-electron chi connectivity index (χ0n) is 17.4. The van der Waals surface area contributed by atoms with E-state index >= 15 is 0 Å². The fourth-order valence-electron chi connectivity index (χ4n) is 4.37. The van der Waals surface area contributed by atoms with Crippen molar-refractivity contribution in [3.63, 3.8) is 0 Å². The number of fused-ring (bicyclic) bond motifs is 1. The maximum Gasteiger partial charge on any atom is 0.243 e. The van der Waals surface area contributed by atoms with Crippen molar-refractivity contribution in [1.29, 1.82) is 0 Å². The topological polar surface area (TPSA) is 74.8 Å². The molecule has 1 amide bonds. The maximum absolute atomic E-state index is 13.2. The van der Waals surface area contributed by atoms with Gasteiger partial charge in [-0.15, -0.1) is 0 Å². The molecule has 0 saturated carbocycles. The normalized spacial score (nSPS) is 17.9. The van der Waals surface area contributed by atoms with E-state index in [9.17, 15) is 18.0 Å². The SMILES string of the molecule is CC(=O)c1ccc(S(=O)(=O)N2CCC(C(=O)N3CCCc4cc(Cl)ccc43)CC2)cc1. The molecule has 0 atom stereocenters. The number of carbonyl (C=O) groups is 2. The zero-order valence-corrected chi connectivity index (χ0v) is 19.0. The molecule has 0 bridgehead atoms. The van der Waals surface area contributed by atoms with E-state index in [1.807, 2.05) is 17.0 Å². The molecule has 0 unspecified atom stereocenters. The van der Waals surface area contributed by atoms with Gasteiger partial charge in [-0.1, -0.05) is 23.7 Å². The summed E-state index contributed by atoms with van der Waals surface area (Å²) in [5.41, 5.74) is 2.48. The lowest BCUT2D eigenvalue weighted by atomic mass is 9.94. The fraction of sp³-hybridized carbons (Fsp3) is 0.391. The number of benzene rings is 2. The van der Waals surface area contributed by atoms with Crippen molar-refractivity contribution in [2.45, 2.75) is 37.5 Å². The van der Waals surface area contributed by atoms with Crippen molar-refractivity contribution >= 4 is 39.0 Å². The molecule has 2 aliphatic heterocycles. The van der Waals surface area contributed by atoms with E-state index in [4.69, 9.17) is 11.6 Å². The Labute approximate surface area is 187 Å². The van der Waals surface area contributed by atoms with Crippen LogP contribution in [0.2, 0.25) is 5.02 Å². The number of piperidine rings is 1. The molecule has 6 nitrogen and oxygen atoms in total. The van der Waals surface area contributed by atoms with Crippen LogP contribution in [0.4, 0.5) is 5.69 Å². The summed E-state index contributed by atoms with van der Waals surface area (Å²) in [6, 6.07) is 11.6. The molecule has 2 aromatic rings. The van der Waals surface area contributed by atoms with Crippen molar-refractivity contribution in [2.75, 3.05) is 24.5 Å². The third-order valence-corrected chi connectivity index (χ3v) is 8.28. The first-order valence-electron chi connectivity index (χ1n) is 10.5. The van der Waals surface area contributed by atoms with Gasteiger partial charge >= 0.3 is 0 Å². The first-order valence-corrected chi connectivity index (χ1v) is 12.3. The predicted molar refractivity (Wildman–Crippen MR) is 120 cm³/mol. The highest BCUT2D eigenvalue weighted by Gasteiger charge is 2.35. The number of rotatable bonds is 4. The number of Topliss-reactive ketones (excluding diaryl/α,β-unsaturated/α-hetero) is 1. The lowest BCUT2D eigenvalue weighted by Gasteiger charge is -2.36. The minimum absolute atomic E-state index is 0.0612. The molecule has 0 radical (unpaired) electrons. The van der Waals surface area contributed by atoms with E-state index in [2.05, 4.69) is 0 Å². The molecule has 1 saturated heterocycles. The maximum atomic E-state index is 13.2. The van der Waals surface area contributed by atoms with Gasteiger partial charge in [-0.05, 0) is 68.5 Å². The Morgan fingerprint density at radius 2 is 1.68 bits per heavy atom. The Balaban J connectivity index is 1.44. The van der Waals surface area contributed by atoms with Gasteiger partial charge in [-0.2, -0.15) is 4.31 Å². The second kappa shape index (κ2) is 8.73. The monoisotopic (exact) mass is 460 g/mol. The molecule has 0 N–H and O–H groups in total. The first kappa shape index (κ1) is 22.0. The van der Waals surface area contributed by atoms with Crippen LogP contribution >= 0.6 is 11.6 Å². The molecule has 0 aliphatic carbocycles. The molecule has 8 heteroatoms. The van der Waals surface area contributed by atoms with Crippen LogP contribution in [0.25, 0.3) is 0 Å². The Morgan fingerprint density at radius 1 is 1.00 bits per heavy atom. The van der Waals surface area contributed by atoms with Crippen molar-refractivity contribution in [3.8, 4) is 0 Å². The van der Waals surface area contributed by atoms with Gasteiger partial charge in [0, 0.05) is 41.8 Å². The molecule has 2 heterocycles. The van der Waals surface area contributed by atoms with Crippen LogP contribution in [0.3, 0.4) is 0 Å². The Kier molecular flexibility index (Phi) is 6.19. The molecular weight excluding hydrogens is 436 g/mol. The molecule has 31 heavy (non-hydrogen) atoms. The summed E-state index contributed by atoms with van der Waals surface area (Å²) in [7, 11) is -3.65. The molecule has 4 rings (SSSR count). The van der Waals surface area contributed by atoms with Crippen LogP contribution in [0.5, 0.6) is 0 Å². The highest BCUT2D eigenvalue weighted by atomic mass is 35.5. The summed E-state index contributed by atoms with van der Waals surface area (Å²) in [5, 5.41) is 0.669. The van der Waals surface area contributed by atoms with Crippen molar-refractivity contribution in [1.82, 2.24) is 4.31 Å². The van der Waals surface area contributed by atoms with Gasteiger partial charge in [0.2, 0.25) is 15.9 Å². The van der Waals surface area contributed by atoms with Crippen LogP contribution in [0.1, 0.15) is 42.1 Å². The highest BCUT2D eigenvalue weighted by Crippen LogP contribution is 2.33. The Morgan fingerprint density at radius 3 is 2.32 bits per heavy atom. The average molecular weight is 461 g/mol. The Hall–Kier alpha value is -2.22. The lowest BCUT2D eigenvalue weighted by molar-refractivity contribution is -0.123. The van der Waals surface area contributed by atoms with Crippen LogP contribution in [0.15, 0.2) is 47.4 Å². The van der Waals surface area contributed by atoms with E-state index in [0.29, 0.717) is 43.1 Å². The predicted octanol–water partition coefficient (Wildman–Crippen LogP) is 3.92. The first-order chi connectivity index (χ1) is 14.8. The average Bonchev–Trinajstić information content (AvgIpc) is 2.78. The molecule has 2 aromatic carbocycles. The molecule has 0 aromatic heterocycles. The van der Waals surface area contributed by atoms with Crippen LogP contribution in [0, 0.1) is 5.92 Å². The number of hydrogen-bond donors (Lipinski definition) is 0. The smallest absolute Gasteiger partial charge is 0.243 e. The van der Waals surface area contributed by atoms with Gasteiger partial charge in [-0.25, -0.2) is 8.42 Å². The van der Waals surface area contributed by atoms with Gasteiger partial charge in [-0.3, -0.25) is 9.59 Å². The van der Waals surface area contributed by atoms with Crippen molar-refractivity contribution in [2.24, 2.45) is 5.92 Å². The largest absolute Gasteiger partial charge is 0.312 e. The zero-order chi connectivity index (χ0) is 22.2. The van der Waals surface area contributed by atoms with E-state index < -0.39 is 10.0 Å². The van der Waals surface area contributed by atoms with Crippen molar-refractivity contribution < 1.29 is 18.0 Å². The van der Waals surface area contributed by atoms with Gasteiger partial charge in [0.1, 0.15) is 0 Å². The molecule has 164 valence electrons. The summed E-state index contributed by atoms with van der Waals surface area (Å²) in [4.78, 5) is 26.7. The van der Waals surface area contributed by atoms with Crippen LogP contribution < -0.4 is 4.90 Å². The number of anilines is 1. The molecular formula is C23H25ClN2O4S. The number of carbonyl (C=O) groups excluding carboxylic acids is 2. The number of halogens is 1. The standard InChI is InChI=1S/C23H25ClN2O4S/c1-16(27)17-4-7-21(8-5-17)31(29,30)25-13-10-18(11-14-25)23(28)26-12-2-3-19-15-20(24)6-9-22(19)26/h4-9,15,18H,2-3,10-14H2,1H3. The summed E-state index contributed by atoms with van der Waals surface area (Å²) in [5.74, 6) is -0.246. The molecule has 0 spiro atoms. The number of ketones is 1. The lowest BCUT2D eigenvalue weighted by Crippen LogP contribution is -2.45. The third kappa shape index (κ3) is 4.40. The molecule has 1 fully saturated rings. The second-order valence-electron chi connectivity index (χ2n) is 8.13. The number of hydrogen-bond acceptors (Lipinski definition) is 4. The van der Waals surface area contributed by atoms with E-state index in [1.165, 1.54) is 35.5 Å². The number of nitrogens with zero attached hydrogens (tertiary/aromatic N) is 2. The number of aryl methyl sites for hydroxylation is 1. The van der Waals surface area contributed by atoms with Crippen LogP contribution in [-0.4, -0.2) is 44.0 Å². The number of sulfonamides is 1. The second-order valence-corrected chi connectivity index (χ2v) is 10.5. The van der Waals surface area contributed by atoms with Gasteiger partial charge in [0.25, 0.3) is 0 Å². The minimum atomic E-state index is -3.65. The third-order valence-electron chi connectivity index (χ3n) is 6.13. The summed E-state index contributed by atoms with van der Waals surface area (Å²) in [6.45, 7) is 2.72. The molecule has 2 aliphatic rings. The van der Waals surface area contributed by atoms with E-state index in [-0.39, 0.29) is 22.5 Å². The number of amides is 1. The highest BCUT2D eigenvalue weighted by molar-refractivity contribution is 7.89. The summed E-state index contributed by atoms with van der Waals surface area (Å²) < 4.78 is 27.4. The Bertz CT molecular complexity index is 1110. The van der Waals surface area contributed by atoms with E-state index in [0.717, 1.165) is 24.1 Å². The van der Waals surface area contributed by atoms with Gasteiger partial charge in [0.15, 0.2) is 5.78 Å². The van der Waals surface area contributed by atoms with Crippen molar-refractivity contribution in [3.05, 3.63) is 58.6 Å². The van der Waals surface area contributed by atoms with Gasteiger partial charge in [0.05, 0.1) is 4.90 Å². The quantitative estimate of drug-likeness (QED) is 0.648. The van der Waals surface area contributed by atoms with Gasteiger partial charge < -0.3 is 4.90 Å². The summed E-state index contributed by atoms with van der Waals surface area (Å²) >= 11 is 6.10. The van der Waals surface area contributed by atoms with Crippen LogP contribution in [-0.2, 0) is 21.2 Å².